The lowest BCUT2D eigenvalue weighted by atomic mass is 9.97. The van der Waals surface area contributed by atoms with E-state index in [1.807, 2.05) is 0 Å². The third-order valence-electron chi connectivity index (χ3n) is 4.18. The van der Waals surface area contributed by atoms with Crippen LogP contribution in [0.3, 0.4) is 0 Å². The molecular formula is C17H30N4S. The van der Waals surface area contributed by atoms with Gasteiger partial charge >= 0.3 is 0 Å². The first-order valence-corrected chi connectivity index (χ1v) is 9.40. The Hall–Kier alpha value is -1.07. The Kier molecular flexibility index (Phi) is 7.19. The van der Waals surface area contributed by atoms with Gasteiger partial charge in [0.1, 0.15) is 0 Å². The highest BCUT2D eigenvalue weighted by Gasteiger charge is 2.21. The average Bonchev–Trinajstić information content (AvgIpc) is 3.03. The second kappa shape index (κ2) is 9.16. The molecule has 124 valence electrons. The van der Waals surface area contributed by atoms with Gasteiger partial charge in [0.2, 0.25) is 0 Å². The van der Waals surface area contributed by atoms with E-state index < -0.39 is 0 Å². The van der Waals surface area contributed by atoms with E-state index in [0.717, 1.165) is 31.5 Å². The summed E-state index contributed by atoms with van der Waals surface area (Å²) in [6, 6.07) is 2.79. The van der Waals surface area contributed by atoms with Gasteiger partial charge in [0.25, 0.3) is 0 Å². The number of nitrogens with one attached hydrogen (secondary N) is 2. The van der Waals surface area contributed by atoms with E-state index >= 15 is 0 Å². The van der Waals surface area contributed by atoms with Gasteiger partial charge in [-0.15, -0.1) is 0 Å². The van der Waals surface area contributed by atoms with Crippen LogP contribution in [0.15, 0.2) is 21.8 Å². The fourth-order valence-corrected chi connectivity index (χ4v) is 3.53. The van der Waals surface area contributed by atoms with E-state index in [1.165, 1.54) is 31.5 Å². The van der Waals surface area contributed by atoms with Crippen molar-refractivity contribution >= 4 is 17.3 Å². The van der Waals surface area contributed by atoms with Crippen LogP contribution < -0.4 is 10.6 Å². The summed E-state index contributed by atoms with van der Waals surface area (Å²) >= 11 is 1.73. The van der Waals surface area contributed by atoms with Crippen LogP contribution in [-0.2, 0) is 6.54 Å². The van der Waals surface area contributed by atoms with Gasteiger partial charge < -0.3 is 15.5 Å². The van der Waals surface area contributed by atoms with Gasteiger partial charge in [-0.25, -0.2) is 4.99 Å². The van der Waals surface area contributed by atoms with Gasteiger partial charge in [-0.05, 0) is 68.5 Å². The number of hydrogen-bond acceptors (Lipinski definition) is 3. The number of aliphatic imine (C=N–C) groups is 1. The molecule has 0 spiro atoms. The van der Waals surface area contributed by atoms with E-state index in [-0.39, 0.29) is 0 Å². The summed E-state index contributed by atoms with van der Waals surface area (Å²) in [5.74, 6) is 1.66. The normalized spacial score (nSPS) is 20.4. The van der Waals surface area contributed by atoms with Gasteiger partial charge in [0.15, 0.2) is 5.96 Å². The molecule has 2 heterocycles. The molecule has 4 nitrogen and oxygen atoms in total. The molecule has 0 aliphatic carbocycles. The summed E-state index contributed by atoms with van der Waals surface area (Å²) in [4.78, 5) is 7.27. The fraction of sp³-hybridized carbons (Fsp3) is 0.706. The summed E-state index contributed by atoms with van der Waals surface area (Å²) in [5, 5.41) is 11.1. The molecule has 1 atom stereocenters. The topological polar surface area (TPSA) is 39.7 Å². The van der Waals surface area contributed by atoms with Crippen molar-refractivity contribution in [3.8, 4) is 0 Å². The van der Waals surface area contributed by atoms with Crippen LogP contribution in [0.1, 0.15) is 39.2 Å². The second-order valence-corrected chi connectivity index (χ2v) is 7.08. The Bertz CT molecular complexity index is 442. The van der Waals surface area contributed by atoms with Crippen LogP contribution in [0.2, 0.25) is 0 Å². The first-order chi connectivity index (χ1) is 10.7. The fourth-order valence-electron chi connectivity index (χ4n) is 2.87. The number of likely N-dealkylation sites (tertiary alicyclic amines) is 1. The van der Waals surface area contributed by atoms with Crippen molar-refractivity contribution in [1.29, 1.82) is 0 Å². The molecular weight excluding hydrogens is 292 g/mol. The minimum absolute atomic E-state index is 0.656. The number of guanidine groups is 1. The van der Waals surface area contributed by atoms with E-state index in [0.29, 0.717) is 6.04 Å². The molecule has 0 saturated carbocycles. The number of rotatable bonds is 6. The lowest BCUT2D eigenvalue weighted by Gasteiger charge is -2.35. The number of piperidine rings is 1. The Balaban J connectivity index is 1.81. The first-order valence-electron chi connectivity index (χ1n) is 8.46. The Morgan fingerprint density at radius 1 is 1.45 bits per heavy atom. The molecule has 1 fully saturated rings. The summed E-state index contributed by atoms with van der Waals surface area (Å²) in [6.45, 7) is 11.8. The van der Waals surface area contributed by atoms with Gasteiger partial charge in [0.05, 0.1) is 6.54 Å². The monoisotopic (exact) mass is 322 g/mol. The van der Waals surface area contributed by atoms with E-state index in [2.05, 4.69) is 58.1 Å². The molecule has 0 amide bonds. The smallest absolute Gasteiger partial charge is 0.191 e. The highest BCUT2D eigenvalue weighted by molar-refractivity contribution is 7.07. The SMILES string of the molecule is CCNC(=NCc1ccsc1)NCC1CCCN(C(C)C)C1. The van der Waals surface area contributed by atoms with Crippen LogP contribution >= 0.6 is 11.3 Å². The highest BCUT2D eigenvalue weighted by atomic mass is 32.1. The molecule has 2 N–H and O–H groups in total. The maximum absolute atomic E-state index is 4.68. The molecule has 2 rings (SSSR count). The van der Waals surface area contributed by atoms with Crippen molar-refractivity contribution < 1.29 is 0 Å². The van der Waals surface area contributed by atoms with Crippen LogP contribution in [-0.4, -0.2) is 43.1 Å². The minimum atomic E-state index is 0.656. The number of nitrogens with zero attached hydrogens (tertiary/aromatic N) is 2. The summed E-state index contributed by atoms with van der Waals surface area (Å²) in [5.41, 5.74) is 1.28. The van der Waals surface area contributed by atoms with E-state index in [4.69, 9.17) is 0 Å². The zero-order valence-electron chi connectivity index (χ0n) is 14.1. The molecule has 0 bridgehead atoms. The van der Waals surface area contributed by atoms with Crippen molar-refractivity contribution in [2.45, 2.75) is 46.2 Å². The maximum Gasteiger partial charge on any atom is 0.191 e. The van der Waals surface area contributed by atoms with Crippen molar-refractivity contribution in [3.63, 3.8) is 0 Å². The van der Waals surface area contributed by atoms with Gasteiger partial charge in [-0.2, -0.15) is 11.3 Å². The molecule has 0 radical (unpaired) electrons. The van der Waals surface area contributed by atoms with Crippen molar-refractivity contribution in [2.75, 3.05) is 26.2 Å². The molecule has 5 heteroatoms. The Morgan fingerprint density at radius 2 is 2.32 bits per heavy atom. The molecule has 1 unspecified atom stereocenters. The minimum Gasteiger partial charge on any atom is -0.357 e. The standard InChI is InChI=1S/C17H30N4S/c1-4-18-17(20-11-16-7-9-22-13-16)19-10-15-6-5-8-21(12-15)14(2)3/h7,9,13-15H,4-6,8,10-12H2,1-3H3,(H2,18,19,20). The van der Waals surface area contributed by atoms with Crippen molar-refractivity contribution in [1.82, 2.24) is 15.5 Å². The third-order valence-corrected chi connectivity index (χ3v) is 4.92. The average molecular weight is 323 g/mol. The van der Waals surface area contributed by atoms with Gasteiger partial charge in [-0.1, -0.05) is 0 Å². The predicted molar refractivity (Wildman–Crippen MR) is 96.6 cm³/mol. The largest absolute Gasteiger partial charge is 0.357 e. The summed E-state index contributed by atoms with van der Waals surface area (Å²) < 4.78 is 0. The van der Waals surface area contributed by atoms with Crippen molar-refractivity contribution in [3.05, 3.63) is 22.4 Å². The van der Waals surface area contributed by atoms with Gasteiger partial charge in [0, 0.05) is 25.7 Å². The number of hydrogen-bond donors (Lipinski definition) is 2. The molecule has 1 aromatic heterocycles. The summed E-state index contributed by atoms with van der Waals surface area (Å²) in [6.07, 6.45) is 2.63. The van der Waals surface area contributed by atoms with Crippen LogP contribution in [0, 0.1) is 5.92 Å². The third kappa shape index (κ3) is 5.61. The lowest BCUT2D eigenvalue weighted by molar-refractivity contribution is 0.141. The molecule has 1 aliphatic heterocycles. The maximum atomic E-state index is 4.68. The zero-order valence-corrected chi connectivity index (χ0v) is 15.0. The van der Waals surface area contributed by atoms with Crippen LogP contribution in [0.25, 0.3) is 0 Å². The van der Waals surface area contributed by atoms with E-state index in [9.17, 15) is 0 Å². The first kappa shape index (κ1) is 17.3. The highest BCUT2D eigenvalue weighted by Crippen LogP contribution is 2.17. The predicted octanol–water partition coefficient (Wildman–Crippen LogP) is 2.92. The quantitative estimate of drug-likeness (QED) is 0.625. The van der Waals surface area contributed by atoms with Gasteiger partial charge in [-0.3, -0.25) is 0 Å². The lowest BCUT2D eigenvalue weighted by Crippen LogP contribution is -2.46. The Morgan fingerprint density at radius 3 is 3.00 bits per heavy atom. The number of thiophene rings is 1. The van der Waals surface area contributed by atoms with Crippen LogP contribution in [0.4, 0.5) is 0 Å². The van der Waals surface area contributed by atoms with Crippen molar-refractivity contribution in [2.24, 2.45) is 10.9 Å². The zero-order chi connectivity index (χ0) is 15.8. The second-order valence-electron chi connectivity index (χ2n) is 6.30. The summed E-state index contributed by atoms with van der Waals surface area (Å²) in [7, 11) is 0. The Labute approximate surface area is 139 Å². The molecule has 0 aromatic carbocycles. The molecule has 1 saturated heterocycles. The van der Waals surface area contributed by atoms with E-state index in [1.54, 1.807) is 11.3 Å². The molecule has 1 aromatic rings. The molecule has 22 heavy (non-hydrogen) atoms. The molecule has 1 aliphatic rings. The van der Waals surface area contributed by atoms with Crippen LogP contribution in [0.5, 0.6) is 0 Å².